The van der Waals surface area contributed by atoms with Gasteiger partial charge in [0.2, 0.25) is 5.91 Å². The van der Waals surface area contributed by atoms with Gasteiger partial charge in [-0.15, -0.1) is 0 Å². The van der Waals surface area contributed by atoms with E-state index in [1.165, 1.54) is 11.1 Å². The van der Waals surface area contributed by atoms with Crippen LogP contribution in [0.3, 0.4) is 0 Å². The van der Waals surface area contributed by atoms with Crippen molar-refractivity contribution in [1.82, 2.24) is 25.2 Å². The number of benzene rings is 2. The van der Waals surface area contributed by atoms with Crippen molar-refractivity contribution in [3.05, 3.63) is 96.1 Å². The molecule has 3 heterocycles. The largest absolute Gasteiger partial charge is 0.494 e. The Balaban J connectivity index is 1.24. The summed E-state index contributed by atoms with van der Waals surface area (Å²) in [5.74, 6) is -0.201. The summed E-state index contributed by atoms with van der Waals surface area (Å²) in [6.45, 7) is 11.5. The minimum absolute atomic E-state index is 0.116. The molecule has 1 atom stereocenters. The van der Waals surface area contributed by atoms with E-state index < -0.39 is 23.8 Å². The third kappa shape index (κ3) is 9.28. The topological polar surface area (TPSA) is 135 Å². The number of nitrogens with one attached hydrogen (secondary N) is 1. The first kappa shape index (κ1) is 35.2. The number of hydrogen-bond acceptors (Lipinski definition) is 7. The number of ether oxygens (including phenoxy) is 1. The molecule has 1 aliphatic heterocycles. The van der Waals surface area contributed by atoms with Gasteiger partial charge in [0.1, 0.15) is 11.8 Å². The summed E-state index contributed by atoms with van der Waals surface area (Å²) in [5, 5.41) is 12.2. The molecule has 0 spiro atoms. The molecule has 0 aliphatic carbocycles. The summed E-state index contributed by atoms with van der Waals surface area (Å²) in [7, 11) is 0. The molecule has 256 valence electrons. The average molecular weight is 664 g/mol. The van der Waals surface area contributed by atoms with Gasteiger partial charge in [0.25, 0.3) is 5.91 Å². The van der Waals surface area contributed by atoms with Gasteiger partial charge >= 0.3 is 5.97 Å². The minimum Gasteiger partial charge on any atom is -0.494 e. The summed E-state index contributed by atoms with van der Waals surface area (Å²) >= 11 is 0. The maximum absolute atomic E-state index is 13.5. The summed E-state index contributed by atoms with van der Waals surface area (Å²) < 4.78 is 5.86. The van der Waals surface area contributed by atoms with Crippen molar-refractivity contribution in [1.29, 1.82) is 0 Å². The molecule has 0 saturated carbocycles. The molecule has 49 heavy (non-hydrogen) atoms. The van der Waals surface area contributed by atoms with Crippen LogP contribution in [-0.2, 0) is 21.4 Å². The molecule has 4 aromatic rings. The Bertz CT molecular complexity index is 1730. The first-order chi connectivity index (χ1) is 23.4. The number of nitrogens with zero attached hydrogens (tertiary/aromatic N) is 4. The second-order valence-corrected chi connectivity index (χ2v) is 14.1. The van der Waals surface area contributed by atoms with Crippen molar-refractivity contribution in [3.8, 4) is 28.3 Å². The number of likely N-dealkylation sites (tertiary alicyclic amines) is 1. The van der Waals surface area contributed by atoms with Crippen LogP contribution in [0.25, 0.3) is 22.5 Å². The Hall–Kier alpha value is -5.12. The first-order valence-electron chi connectivity index (χ1n) is 16.8. The van der Waals surface area contributed by atoms with Crippen molar-refractivity contribution in [2.75, 3.05) is 19.7 Å². The zero-order valence-corrected chi connectivity index (χ0v) is 28.8. The van der Waals surface area contributed by atoms with Crippen molar-refractivity contribution in [3.63, 3.8) is 0 Å². The number of carboxylic acid groups (broad SMARTS) is 1. The lowest BCUT2D eigenvalue weighted by atomic mass is 9.91. The SMILES string of the molecule is CC(C)CCCOc1ccc(-c2cnc(-c3ccc(CC(NC(=O)c4ccc(C(C)(C)C)nc4)C(=O)N4CC(C(=O)O)C4)cc3)nc2)cc1. The first-order valence-corrected chi connectivity index (χ1v) is 16.8. The fourth-order valence-corrected chi connectivity index (χ4v) is 5.53. The van der Waals surface area contributed by atoms with E-state index in [9.17, 15) is 19.5 Å². The molecule has 2 aromatic heterocycles. The highest BCUT2D eigenvalue weighted by Gasteiger charge is 2.39. The second-order valence-electron chi connectivity index (χ2n) is 14.1. The van der Waals surface area contributed by atoms with E-state index in [4.69, 9.17) is 4.74 Å². The Morgan fingerprint density at radius 2 is 1.53 bits per heavy atom. The van der Waals surface area contributed by atoms with Crippen LogP contribution in [0.15, 0.2) is 79.3 Å². The van der Waals surface area contributed by atoms with Gasteiger partial charge in [-0.1, -0.05) is 71.0 Å². The Morgan fingerprint density at radius 1 is 0.878 bits per heavy atom. The van der Waals surface area contributed by atoms with Crippen LogP contribution in [-0.4, -0.2) is 68.5 Å². The van der Waals surface area contributed by atoms with E-state index in [1.807, 2.05) is 75.4 Å². The average Bonchev–Trinajstić information content (AvgIpc) is 3.06. The van der Waals surface area contributed by atoms with Gasteiger partial charge in [-0.25, -0.2) is 9.97 Å². The quantitative estimate of drug-likeness (QED) is 0.162. The standard InChI is InChI=1S/C39H45N5O5/c1-25(2)7-6-18-49-32-15-12-27(13-16-32)30-21-41-35(42-22-30)28-10-8-26(9-11-28)19-33(37(46)44-23-31(24-44)38(47)48)43-36(45)29-14-17-34(40-20-29)39(3,4)5/h8-17,20-22,25,31,33H,6-7,18-19,23-24H2,1-5H3,(H,43,45)(H,47,48). The zero-order chi connectivity index (χ0) is 35.1. The van der Waals surface area contributed by atoms with Gasteiger partial charge in [-0.2, -0.15) is 0 Å². The monoisotopic (exact) mass is 663 g/mol. The summed E-state index contributed by atoms with van der Waals surface area (Å²) in [5.41, 5.74) is 4.54. The number of carboxylic acids is 1. The normalized spacial score (nSPS) is 13.9. The number of hydrogen-bond donors (Lipinski definition) is 2. The number of aliphatic carboxylic acids is 1. The van der Waals surface area contributed by atoms with Crippen molar-refractivity contribution >= 4 is 17.8 Å². The maximum atomic E-state index is 13.5. The molecular weight excluding hydrogens is 618 g/mol. The van der Waals surface area contributed by atoms with Gasteiger partial charge < -0.3 is 20.1 Å². The molecule has 1 aliphatic rings. The van der Waals surface area contributed by atoms with Crippen molar-refractivity contribution in [2.24, 2.45) is 11.8 Å². The number of amides is 2. The Kier molecular flexibility index (Phi) is 11.1. The molecule has 1 fully saturated rings. The third-order valence-electron chi connectivity index (χ3n) is 8.63. The van der Waals surface area contributed by atoms with Crippen LogP contribution >= 0.6 is 0 Å². The van der Waals surface area contributed by atoms with Gasteiger partial charge in [-0.05, 0) is 54.2 Å². The second kappa shape index (κ2) is 15.4. The van der Waals surface area contributed by atoms with Crippen LogP contribution < -0.4 is 10.1 Å². The molecule has 2 N–H and O–H groups in total. The molecule has 10 heteroatoms. The lowest BCUT2D eigenvalue weighted by Gasteiger charge is -2.39. The van der Waals surface area contributed by atoms with Crippen molar-refractivity contribution in [2.45, 2.75) is 65.3 Å². The molecular formula is C39H45N5O5. The number of rotatable bonds is 13. The van der Waals surface area contributed by atoms with Gasteiger partial charge in [-0.3, -0.25) is 19.4 Å². The fraction of sp³-hybridized carbons (Fsp3) is 0.385. The molecule has 2 amide bonds. The summed E-state index contributed by atoms with van der Waals surface area (Å²) in [6, 6.07) is 18.1. The summed E-state index contributed by atoms with van der Waals surface area (Å²) in [4.78, 5) is 53.1. The third-order valence-corrected chi connectivity index (χ3v) is 8.63. The Morgan fingerprint density at radius 3 is 2.10 bits per heavy atom. The zero-order valence-electron chi connectivity index (χ0n) is 28.8. The summed E-state index contributed by atoms with van der Waals surface area (Å²) in [6.07, 6.45) is 7.50. The van der Waals surface area contributed by atoms with Gasteiger partial charge in [0, 0.05) is 60.3 Å². The van der Waals surface area contributed by atoms with Crippen LogP contribution in [0.5, 0.6) is 5.75 Å². The van der Waals surface area contributed by atoms with Crippen LogP contribution in [0, 0.1) is 11.8 Å². The predicted molar refractivity (Wildman–Crippen MR) is 188 cm³/mol. The highest BCUT2D eigenvalue weighted by molar-refractivity contribution is 5.97. The van der Waals surface area contributed by atoms with Gasteiger partial charge in [0.15, 0.2) is 5.82 Å². The number of pyridine rings is 1. The molecule has 0 radical (unpaired) electrons. The molecule has 10 nitrogen and oxygen atoms in total. The smallest absolute Gasteiger partial charge is 0.310 e. The highest BCUT2D eigenvalue weighted by Crippen LogP contribution is 2.25. The van der Waals surface area contributed by atoms with E-state index in [0.717, 1.165) is 46.5 Å². The van der Waals surface area contributed by atoms with Crippen LogP contribution in [0.4, 0.5) is 0 Å². The van der Waals surface area contributed by atoms with E-state index in [-0.39, 0.29) is 30.8 Å². The number of aromatic nitrogens is 3. The molecule has 0 bridgehead atoms. The van der Waals surface area contributed by atoms with E-state index >= 15 is 0 Å². The van der Waals surface area contributed by atoms with E-state index in [1.54, 1.807) is 18.5 Å². The lowest BCUT2D eigenvalue weighted by molar-refractivity contribution is -0.153. The molecule has 1 saturated heterocycles. The predicted octanol–water partition coefficient (Wildman–Crippen LogP) is 6.20. The molecule has 2 aromatic carbocycles. The number of carbonyl (C=O) groups is 3. The van der Waals surface area contributed by atoms with E-state index in [2.05, 4.69) is 34.1 Å². The van der Waals surface area contributed by atoms with Crippen LogP contribution in [0.2, 0.25) is 0 Å². The van der Waals surface area contributed by atoms with Crippen molar-refractivity contribution < 1.29 is 24.2 Å². The molecule has 5 rings (SSSR count). The van der Waals surface area contributed by atoms with Crippen LogP contribution in [0.1, 0.15) is 69.1 Å². The number of carbonyl (C=O) groups excluding carboxylic acids is 2. The van der Waals surface area contributed by atoms with Gasteiger partial charge in [0.05, 0.1) is 18.1 Å². The molecule has 1 unspecified atom stereocenters. The fourth-order valence-electron chi connectivity index (χ4n) is 5.53. The lowest BCUT2D eigenvalue weighted by Crippen LogP contribution is -2.59. The minimum atomic E-state index is -0.934. The van der Waals surface area contributed by atoms with E-state index in [0.29, 0.717) is 23.9 Å². The highest BCUT2D eigenvalue weighted by atomic mass is 16.5. The maximum Gasteiger partial charge on any atom is 0.310 e. The Labute approximate surface area is 288 Å².